The molecule has 0 bridgehead atoms. The summed E-state index contributed by atoms with van der Waals surface area (Å²) in [6.45, 7) is 10.6. The van der Waals surface area contributed by atoms with Gasteiger partial charge in [0.2, 0.25) is 0 Å². The third-order valence-corrected chi connectivity index (χ3v) is 6.73. The Hall–Kier alpha value is -2.83. The first-order valence-electron chi connectivity index (χ1n) is 13.0. The summed E-state index contributed by atoms with van der Waals surface area (Å²) < 4.78 is 6.15. The van der Waals surface area contributed by atoms with E-state index in [1.54, 1.807) is 6.20 Å². The molecule has 6 nitrogen and oxygen atoms in total. The second-order valence-corrected chi connectivity index (χ2v) is 10.6. The van der Waals surface area contributed by atoms with Gasteiger partial charge in [-0.25, -0.2) is 9.97 Å². The molecule has 3 N–H and O–H groups in total. The second-order valence-electron chi connectivity index (χ2n) is 10.2. The third kappa shape index (κ3) is 7.11. The molecule has 36 heavy (non-hydrogen) atoms. The first-order valence-corrected chi connectivity index (χ1v) is 13.4. The van der Waals surface area contributed by atoms with Gasteiger partial charge in [-0.3, -0.25) is 0 Å². The van der Waals surface area contributed by atoms with Crippen LogP contribution in [0.25, 0.3) is 0 Å². The minimum absolute atomic E-state index is 0.0355. The molecule has 3 heterocycles. The molecule has 0 atom stereocenters. The molecule has 0 aliphatic carbocycles. The first kappa shape index (κ1) is 26.2. The van der Waals surface area contributed by atoms with Gasteiger partial charge in [-0.15, -0.1) is 0 Å². The van der Waals surface area contributed by atoms with E-state index in [4.69, 9.17) is 21.3 Å². The molecule has 0 amide bonds. The Balaban J connectivity index is 1.56. The summed E-state index contributed by atoms with van der Waals surface area (Å²) >= 11 is 6.54. The van der Waals surface area contributed by atoms with Crippen molar-refractivity contribution >= 4 is 34.6 Å². The number of para-hydroxylation sites is 1. The summed E-state index contributed by atoms with van der Waals surface area (Å²) in [7, 11) is 0. The van der Waals surface area contributed by atoms with Crippen LogP contribution in [0.5, 0.6) is 5.75 Å². The van der Waals surface area contributed by atoms with Gasteiger partial charge in [0, 0.05) is 18.0 Å². The van der Waals surface area contributed by atoms with Crippen molar-refractivity contribution in [3.05, 3.63) is 64.9 Å². The van der Waals surface area contributed by atoms with Crippen molar-refractivity contribution in [2.24, 2.45) is 5.92 Å². The van der Waals surface area contributed by atoms with E-state index in [-0.39, 0.29) is 6.10 Å². The fourth-order valence-electron chi connectivity index (χ4n) is 4.45. The van der Waals surface area contributed by atoms with Gasteiger partial charge in [0.05, 0.1) is 23.0 Å². The number of pyridine rings is 2. The lowest BCUT2D eigenvalue weighted by Crippen LogP contribution is -2.26. The molecule has 3 aromatic rings. The second kappa shape index (κ2) is 12.4. The van der Waals surface area contributed by atoms with Crippen LogP contribution in [0.1, 0.15) is 64.0 Å². The summed E-state index contributed by atoms with van der Waals surface area (Å²) in [6, 6.07) is 12.4. The number of nitrogens with one attached hydrogen (secondary N) is 3. The third-order valence-electron chi connectivity index (χ3n) is 6.43. The minimum Gasteiger partial charge on any atom is -0.487 e. The van der Waals surface area contributed by atoms with Crippen molar-refractivity contribution in [3.8, 4) is 5.75 Å². The Morgan fingerprint density at radius 3 is 2.53 bits per heavy atom. The molecule has 1 aromatic carbocycles. The molecule has 1 saturated heterocycles. The normalized spacial score (nSPS) is 14.3. The van der Waals surface area contributed by atoms with E-state index in [1.165, 1.54) is 11.1 Å². The lowest BCUT2D eigenvalue weighted by molar-refractivity contribution is 0.242. The Morgan fingerprint density at radius 2 is 1.78 bits per heavy atom. The number of hydrogen-bond donors (Lipinski definition) is 3. The number of piperidine rings is 1. The zero-order chi connectivity index (χ0) is 25.5. The number of aromatic nitrogens is 2. The number of aryl methyl sites for hydroxylation is 1. The smallest absolute Gasteiger partial charge is 0.174 e. The monoisotopic (exact) mass is 507 g/mol. The van der Waals surface area contributed by atoms with Crippen LogP contribution in [0.2, 0.25) is 5.02 Å². The summed E-state index contributed by atoms with van der Waals surface area (Å²) in [6.07, 6.45) is 8.03. The van der Waals surface area contributed by atoms with Gasteiger partial charge < -0.3 is 20.7 Å². The number of benzene rings is 1. The van der Waals surface area contributed by atoms with Gasteiger partial charge in [0.15, 0.2) is 11.6 Å². The van der Waals surface area contributed by atoms with Crippen LogP contribution in [-0.2, 0) is 6.42 Å². The number of anilines is 4. The molecule has 4 rings (SSSR count). The molecular formula is C29H38ClN5O. The lowest BCUT2D eigenvalue weighted by Gasteiger charge is -2.24. The predicted octanol–water partition coefficient (Wildman–Crippen LogP) is 7.46. The van der Waals surface area contributed by atoms with Gasteiger partial charge >= 0.3 is 0 Å². The quantitative estimate of drug-likeness (QED) is 0.264. The number of rotatable bonds is 10. The van der Waals surface area contributed by atoms with Crippen molar-refractivity contribution in [1.29, 1.82) is 0 Å². The van der Waals surface area contributed by atoms with Crippen LogP contribution in [0.4, 0.5) is 23.0 Å². The van der Waals surface area contributed by atoms with Crippen LogP contribution in [0.3, 0.4) is 0 Å². The average molecular weight is 508 g/mol. The van der Waals surface area contributed by atoms with E-state index >= 15 is 0 Å². The maximum atomic E-state index is 6.54. The maximum absolute atomic E-state index is 6.54. The first-order chi connectivity index (χ1) is 17.4. The molecule has 1 aliphatic rings. The molecule has 1 aliphatic heterocycles. The van der Waals surface area contributed by atoms with E-state index in [0.717, 1.165) is 55.9 Å². The molecule has 1 fully saturated rings. The zero-order valence-corrected chi connectivity index (χ0v) is 22.5. The van der Waals surface area contributed by atoms with Crippen LogP contribution in [-0.4, -0.2) is 29.2 Å². The molecule has 0 unspecified atom stereocenters. The number of hydrogen-bond acceptors (Lipinski definition) is 6. The van der Waals surface area contributed by atoms with E-state index in [1.807, 2.05) is 32.2 Å². The van der Waals surface area contributed by atoms with Crippen molar-refractivity contribution in [1.82, 2.24) is 15.3 Å². The van der Waals surface area contributed by atoms with Gasteiger partial charge in [-0.05, 0) is 87.7 Å². The Kier molecular flexibility index (Phi) is 9.05. The SMILES string of the molecule is CC(C)CCc1ccccc1Nc1cc(Nc2ncc(C3CCNCC3)cc2OC(C)C)ncc1Cl. The highest BCUT2D eigenvalue weighted by atomic mass is 35.5. The molecule has 192 valence electrons. The minimum atomic E-state index is 0.0355. The lowest BCUT2D eigenvalue weighted by atomic mass is 9.91. The number of nitrogens with zero attached hydrogens (tertiary/aromatic N) is 2. The van der Waals surface area contributed by atoms with Crippen molar-refractivity contribution in [2.45, 2.75) is 65.4 Å². The Bertz CT molecular complexity index is 1140. The highest BCUT2D eigenvalue weighted by Crippen LogP contribution is 2.34. The highest BCUT2D eigenvalue weighted by Gasteiger charge is 2.19. The fourth-order valence-corrected chi connectivity index (χ4v) is 4.60. The average Bonchev–Trinajstić information content (AvgIpc) is 2.86. The largest absolute Gasteiger partial charge is 0.487 e. The molecule has 7 heteroatoms. The van der Waals surface area contributed by atoms with Crippen LogP contribution < -0.4 is 20.7 Å². The molecule has 0 saturated carbocycles. The maximum Gasteiger partial charge on any atom is 0.174 e. The molecular weight excluding hydrogens is 470 g/mol. The summed E-state index contributed by atoms with van der Waals surface area (Å²) in [5.74, 6) is 3.19. The Morgan fingerprint density at radius 1 is 1.00 bits per heavy atom. The summed E-state index contributed by atoms with van der Waals surface area (Å²) in [5, 5.41) is 10.9. The van der Waals surface area contributed by atoms with Crippen molar-refractivity contribution < 1.29 is 4.74 Å². The molecule has 2 aromatic heterocycles. The summed E-state index contributed by atoms with van der Waals surface area (Å²) in [5.41, 5.74) is 4.35. The van der Waals surface area contributed by atoms with E-state index < -0.39 is 0 Å². The topological polar surface area (TPSA) is 71.1 Å². The number of ether oxygens (including phenoxy) is 1. The van der Waals surface area contributed by atoms with E-state index in [9.17, 15) is 0 Å². The van der Waals surface area contributed by atoms with Gasteiger partial charge in [-0.2, -0.15) is 0 Å². The van der Waals surface area contributed by atoms with Gasteiger partial charge in [-0.1, -0.05) is 43.6 Å². The van der Waals surface area contributed by atoms with Crippen molar-refractivity contribution in [2.75, 3.05) is 23.7 Å². The van der Waals surface area contributed by atoms with Crippen molar-refractivity contribution in [3.63, 3.8) is 0 Å². The van der Waals surface area contributed by atoms with E-state index in [0.29, 0.717) is 28.5 Å². The predicted molar refractivity (Wildman–Crippen MR) is 150 cm³/mol. The number of halogens is 1. The molecule has 0 spiro atoms. The van der Waals surface area contributed by atoms with E-state index in [2.05, 4.69) is 59.0 Å². The molecule has 0 radical (unpaired) electrons. The summed E-state index contributed by atoms with van der Waals surface area (Å²) in [4.78, 5) is 9.25. The van der Waals surface area contributed by atoms with Crippen LogP contribution >= 0.6 is 11.6 Å². The van der Waals surface area contributed by atoms with Gasteiger partial charge in [0.25, 0.3) is 0 Å². The standard InChI is InChI=1S/C29H38ClN5O/c1-19(2)9-10-22-7-5-6-8-25(22)34-26-16-28(32-18-24(26)30)35-29-27(36-20(3)4)15-23(17-33-29)21-11-13-31-14-12-21/h5-8,15-21,31H,9-14H2,1-4H3,(H2,32,33,34,35). The zero-order valence-electron chi connectivity index (χ0n) is 21.8. The fraction of sp³-hybridized carbons (Fsp3) is 0.448. The van der Waals surface area contributed by atoms with Crippen LogP contribution in [0, 0.1) is 5.92 Å². The van der Waals surface area contributed by atoms with Crippen LogP contribution in [0.15, 0.2) is 48.8 Å². The Labute approximate surface area is 220 Å². The van der Waals surface area contributed by atoms with Gasteiger partial charge in [0.1, 0.15) is 5.82 Å². The highest BCUT2D eigenvalue weighted by molar-refractivity contribution is 6.33.